The van der Waals surface area contributed by atoms with Gasteiger partial charge in [0.2, 0.25) is 5.70 Å². The van der Waals surface area contributed by atoms with Crippen molar-refractivity contribution < 1.29 is 14.6 Å². The first-order chi connectivity index (χ1) is 8.69. The van der Waals surface area contributed by atoms with Crippen LogP contribution in [0.15, 0.2) is 52.0 Å². The molecule has 0 bridgehead atoms. The molecule has 0 amide bonds. The summed E-state index contributed by atoms with van der Waals surface area (Å²) in [4.78, 5) is 11.5. The van der Waals surface area contributed by atoms with Crippen LogP contribution < -0.4 is 0 Å². The van der Waals surface area contributed by atoms with E-state index in [9.17, 15) is 9.90 Å². The summed E-state index contributed by atoms with van der Waals surface area (Å²) in [6.45, 7) is 1.83. The second-order valence-electron chi connectivity index (χ2n) is 3.18. The zero-order valence-corrected chi connectivity index (χ0v) is 10.6. The van der Waals surface area contributed by atoms with Crippen LogP contribution in [0.5, 0.6) is 0 Å². The van der Waals surface area contributed by atoms with Gasteiger partial charge in [-0.15, -0.1) is 16.7 Å². The predicted molar refractivity (Wildman–Crippen MR) is 68.0 cm³/mol. The maximum atomic E-state index is 11.5. The Labute approximate surface area is 110 Å². The zero-order valence-electron chi connectivity index (χ0n) is 9.84. The molecule has 0 saturated carbocycles. The molecule has 0 spiro atoms. The number of benzene rings is 1. The number of azo groups is 1. The summed E-state index contributed by atoms with van der Waals surface area (Å²) < 4.78 is 4.75. The molecule has 0 fully saturated rings. The molecule has 1 N–H and O–H groups in total. The molecule has 0 unspecified atom stereocenters. The van der Waals surface area contributed by atoms with E-state index in [0.29, 0.717) is 5.69 Å². The molecule has 1 aromatic rings. The van der Waals surface area contributed by atoms with Gasteiger partial charge in [0.15, 0.2) is 0 Å². The highest BCUT2D eigenvalue weighted by molar-refractivity contribution is 6.19. The van der Waals surface area contributed by atoms with Crippen LogP contribution in [0.4, 0.5) is 5.69 Å². The number of aliphatic hydroxyl groups is 1. The van der Waals surface area contributed by atoms with Crippen molar-refractivity contribution in [2.45, 2.75) is 6.92 Å². The van der Waals surface area contributed by atoms with Crippen molar-refractivity contribution in [1.29, 1.82) is 0 Å². The Morgan fingerprint density at radius 1 is 1.39 bits per heavy atom. The van der Waals surface area contributed by atoms with Crippen molar-refractivity contribution in [3.05, 3.63) is 41.8 Å². The number of nitrogens with zero attached hydrogens (tertiary/aromatic N) is 2. The van der Waals surface area contributed by atoms with E-state index in [1.807, 2.05) is 6.07 Å². The fourth-order valence-electron chi connectivity index (χ4n) is 1.08. The quantitative estimate of drug-likeness (QED) is 0.293. The Bertz CT molecular complexity index is 458. The first-order valence-electron chi connectivity index (χ1n) is 5.31. The molecule has 0 atom stereocenters. The Balaban J connectivity index is 2.93. The van der Waals surface area contributed by atoms with Crippen LogP contribution in [-0.2, 0) is 9.53 Å². The van der Waals surface area contributed by atoms with Gasteiger partial charge in [-0.1, -0.05) is 18.2 Å². The van der Waals surface area contributed by atoms with E-state index < -0.39 is 5.97 Å². The molecular formula is C12H13ClN2O3. The standard InChI is InChI=1S/C12H13ClN2O3/c1-2-18-12(17)11(10(16)8-13)15-14-9-6-4-3-5-7-9/h3-7,16H,2,8H2,1H3/b11-10-,15-14?. The lowest BCUT2D eigenvalue weighted by molar-refractivity contribution is -0.138. The van der Waals surface area contributed by atoms with Crippen LogP contribution in [0.3, 0.4) is 0 Å². The van der Waals surface area contributed by atoms with Gasteiger partial charge in [-0.05, 0) is 19.1 Å². The van der Waals surface area contributed by atoms with Gasteiger partial charge in [0.1, 0.15) is 5.76 Å². The number of esters is 1. The molecule has 0 radical (unpaired) electrons. The average molecular weight is 269 g/mol. The Morgan fingerprint density at radius 2 is 2.06 bits per heavy atom. The van der Waals surface area contributed by atoms with Gasteiger partial charge in [-0.2, -0.15) is 5.11 Å². The fraction of sp³-hybridized carbons (Fsp3) is 0.250. The van der Waals surface area contributed by atoms with Crippen molar-refractivity contribution in [2.24, 2.45) is 10.2 Å². The first-order valence-corrected chi connectivity index (χ1v) is 5.84. The van der Waals surface area contributed by atoms with Gasteiger partial charge in [-0.25, -0.2) is 4.79 Å². The molecule has 0 aliphatic heterocycles. The summed E-state index contributed by atoms with van der Waals surface area (Å²) in [6.07, 6.45) is 0. The number of alkyl halides is 1. The highest BCUT2D eigenvalue weighted by Gasteiger charge is 2.15. The van der Waals surface area contributed by atoms with Crippen LogP contribution in [0, 0.1) is 0 Å². The number of halogens is 1. The molecule has 0 aromatic heterocycles. The van der Waals surface area contributed by atoms with Gasteiger partial charge in [0.25, 0.3) is 0 Å². The highest BCUT2D eigenvalue weighted by Crippen LogP contribution is 2.15. The average Bonchev–Trinajstić information content (AvgIpc) is 2.40. The van der Waals surface area contributed by atoms with E-state index in [1.165, 1.54) is 0 Å². The van der Waals surface area contributed by atoms with Crippen molar-refractivity contribution in [3.63, 3.8) is 0 Å². The third-order valence-electron chi connectivity index (χ3n) is 1.89. The second kappa shape index (κ2) is 7.45. The first kappa shape index (κ1) is 14.2. The molecule has 1 rings (SSSR count). The van der Waals surface area contributed by atoms with Crippen LogP contribution in [0.1, 0.15) is 6.92 Å². The number of carbonyl (C=O) groups excluding carboxylic acids is 1. The third kappa shape index (κ3) is 4.18. The zero-order chi connectivity index (χ0) is 13.4. The van der Waals surface area contributed by atoms with E-state index in [4.69, 9.17) is 16.3 Å². The highest BCUT2D eigenvalue weighted by atomic mass is 35.5. The molecule has 0 aliphatic carbocycles. The van der Waals surface area contributed by atoms with Gasteiger partial charge in [0.05, 0.1) is 18.2 Å². The summed E-state index contributed by atoms with van der Waals surface area (Å²) in [6, 6.07) is 8.82. The maximum Gasteiger partial charge on any atom is 0.362 e. The lowest BCUT2D eigenvalue weighted by Gasteiger charge is -2.02. The summed E-state index contributed by atoms with van der Waals surface area (Å²) in [5, 5.41) is 17.0. The molecule has 6 heteroatoms. The van der Waals surface area contributed by atoms with Crippen molar-refractivity contribution >= 4 is 23.3 Å². The van der Waals surface area contributed by atoms with E-state index in [2.05, 4.69) is 10.2 Å². The monoisotopic (exact) mass is 268 g/mol. The number of hydrogen-bond acceptors (Lipinski definition) is 5. The number of ether oxygens (including phenoxy) is 1. The number of allylic oxidation sites excluding steroid dienone is 1. The molecule has 0 aliphatic rings. The van der Waals surface area contributed by atoms with E-state index in [1.54, 1.807) is 31.2 Å². The predicted octanol–water partition coefficient (Wildman–Crippen LogP) is 3.34. The summed E-state index contributed by atoms with van der Waals surface area (Å²) in [5.41, 5.74) is 0.275. The Hall–Kier alpha value is -1.88. The van der Waals surface area contributed by atoms with Crippen molar-refractivity contribution in [3.8, 4) is 0 Å². The van der Waals surface area contributed by atoms with Crippen LogP contribution in [0.25, 0.3) is 0 Å². The minimum Gasteiger partial charge on any atom is -0.508 e. The van der Waals surface area contributed by atoms with E-state index in [-0.39, 0.29) is 23.9 Å². The summed E-state index contributed by atoms with van der Waals surface area (Å²) in [5.74, 6) is -1.35. The maximum absolute atomic E-state index is 11.5. The normalized spacial score (nSPS) is 12.3. The lowest BCUT2D eigenvalue weighted by Crippen LogP contribution is -2.09. The Kier molecular flexibility index (Phi) is 5.87. The van der Waals surface area contributed by atoms with E-state index >= 15 is 0 Å². The molecule has 0 saturated heterocycles. The van der Waals surface area contributed by atoms with Crippen LogP contribution >= 0.6 is 11.6 Å². The minimum atomic E-state index is -0.754. The summed E-state index contributed by atoms with van der Waals surface area (Å²) in [7, 11) is 0. The number of aliphatic hydroxyl groups excluding tert-OH is 1. The molecule has 0 heterocycles. The topological polar surface area (TPSA) is 71.2 Å². The number of carbonyl (C=O) groups is 1. The van der Waals surface area contributed by atoms with Gasteiger partial charge in [-0.3, -0.25) is 0 Å². The smallest absolute Gasteiger partial charge is 0.362 e. The molecule has 18 heavy (non-hydrogen) atoms. The SMILES string of the molecule is CCOC(=O)/C(N=Nc1ccccc1)=C(/O)CCl. The minimum absolute atomic E-state index is 0.179. The number of rotatable bonds is 5. The van der Waals surface area contributed by atoms with Gasteiger partial charge in [0, 0.05) is 0 Å². The largest absolute Gasteiger partial charge is 0.508 e. The molecule has 5 nitrogen and oxygen atoms in total. The second-order valence-corrected chi connectivity index (χ2v) is 3.45. The fourth-order valence-corrected chi connectivity index (χ4v) is 1.21. The van der Waals surface area contributed by atoms with E-state index in [0.717, 1.165) is 0 Å². The van der Waals surface area contributed by atoms with Crippen molar-refractivity contribution in [2.75, 3.05) is 12.5 Å². The van der Waals surface area contributed by atoms with Crippen LogP contribution in [0.2, 0.25) is 0 Å². The molecule has 1 aromatic carbocycles. The number of hydrogen-bond donors (Lipinski definition) is 1. The summed E-state index contributed by atoms with van der Waals surface area (Å²) >= 11 is 5.46. The van der Waals surface area contributed by atoms with Crippen LogP contribution in [-0.4, -0.2) is 23.6 Å². The van der Waals surface area contributed by atoms with Gasteiger partial charge >= 0.3 is 5.97 Å². The molecule has 96 valence electrons. The third-order valence-corrected chi connectivity index (χ3v) is 2.14. The molecular weight excluding hydrogens is 256 g/mol. The van der Waals surface area contributed by atoms with Crippen molar-refractivity contribution in [1.82, 2.24) is 0 Å². The Morgan fingerprint density at radius 3 is 2.61 bits per heavy atom. The van der Waals surface area contributed by atoms with Gasteiger partial charge < -0.3 is 9.84 Å². The lowest BCUT2D eigenvalue weighted by atomic mass is 10.3.